The third kappa shape index (κ3) is 101. The first-order chi connectivity index (χ1) is 47.0. The molecule has 0 unspecified atom stereocenters. The Morgan fingerprint density at radius 1 is 0.476 bits per heavy atom. The molecule has 0 aromatic rings. The molecule has 0 aliphatic rings. The Bertz CT molecular complexity index is 3090. The van der Waals surface area contributed by atoms with Crippen LogP contribution >= 0.6 is 0 Å². The zero-order valence-corrected chi connectivity index (χ0v) is 74.8. The summed E-state index contributed by atoms with van der Waals surface area (Å²) in [5.41, 5.74) is 6.94. The lowest BCUT2D eigenvalue weighted by Gasteiger charge is -2.20. The number of rotatable bonds is 32. The Kier molecular flexibility index (Phi) is 61.9. The van der Waals surface area contributed by atoms with Gasteiger partial charge in [0.15, 0.2) is 11.0 Å². The smallest absolute Gasteiger partial charge is 0.318 e. The first kappa shape index (κ1) is 113. The van der Waals surface area contributed by atoms with E-state index in [1.165, 1.54) is 12.8 Å². The normalized spacial score (nSPS) is 13.3. The number of nitrogens with one attached hydrogen (secondary N) is 5. The van der Waals surface area contributed by atoms with Gasteiger partial charge >= 0.3 is 20.4 Å². The number of unbranched alkanes of at least 4 members (excludes halogenated alkanes) is 3. The van der Waals surface area contributed by atoms with Crippen LogP contribution in [0.1, 0.15) is 260 Å². The second kappa shape index (κ2) is 57.3. The van der Waals surface area contributed by atoms with Gasteiger partial charge in [-0.2, -0.15) is 25.3 Å². The second-order valence-corrected chi connectivity index (χ2v) is 40.4. The van der Waals surface area contributed by atoms with Gasteiger partial charge in [0, 0.05) is 109 Å². The van der Waals surface area contributed by atoms with E-state index in [0.717, 1.165) is 121 Å². The van der Waals surface area contributed by atoms with Crippen molar-refractivity contribution in [1.82, 2.24) is 44.6 Å². The topological polar surface area (TPSA) is 485 Å². The molecule has 0 saturated carbocycles. The van der Waals surface area contributed by atoms with Crippen LogP contribution < -0.4 is 46.5 Å². The maximum absolute atomic E-state index is 10.9. The molecule has 33 nitrogen and oxygen atoms in total. The lowest BCUT2D eigenvalue weighted by atomic mass is 9.89. The van der Waals surface area contributed by atoms with Gasteiger partial charge in [0.1, 0.15) is 22.6 Å². The van der Waals surface area contributed by atoms with Crippen LogP contribution in [0.15, 0.2) is 28.9 Å². The maximum Gasteiger partial charge on any atom is 0.318 e. The highest BCUT2D eigenvalue weighted by Gasteiger charge is 2.18. The molecule has 38 heteroatoms. The van der Waals surface area contributed by atoms with Crippen LogP contribution in [0.2, 0.25) is 0 Å². The van der Waals surface area contributed by atoms with Gasteiger partial charge in [-0.15, -0.1) is 8.80 Å². The maximum atomic E-state index is 10.9. The highest BCUT2D eigenvalue weighted by atomic mass is 32.2. The summed E-state index contributed by atoms with van der Waals surface area (Å²) in [5.74, 6) is 3.91. The number of hydrazone groups is 1. The van der Waals surface area contributed by atoms with Gasteiger partial charge in [-0.1, -0.05) is 155 Å². The fraction of sp³-hybridized carbons (Fsp3) is 0.910. The number of nitrogens with zero attached hydrogens (tertiary/aromatic N) is 11. The summed E-state index contributed by atoms with van der Waals surface area (Å²) in [4.78, 5) is 27.3. The standard InChI is InChI=1S/C11H25N3O2S.C11H25N3.C10H23N3O2S.C9H20N4O2.2C9H21N3O2S.C8H19NO3S/c1-11(2,3)9-7-6-8-10(14(4)5)13-17(12,15)16;1-11(2,3)8-7-9-13-10(12-4)14(5)6;1-10(2,3)8-6-5-7-9(12-4)13-16(11,14)15;1-8(2)6-5-7-10-9(12(3)4)11-13(14)15;1-8(2)6-5-7-11-9(10-3)12-15(4,13)14;1-9(2,3)7-5-4-6-8(10)12-15(11,13)14;1-8(2,3)6-5-7-9(10)13(4,11)12/h6-9H2,1-5H3,(H2,12,15,16);7-9H2,1-6H3,(H,12,13);5-8H2,1-4H3,(H,12,13)(H2,11,14,15);8H,5-7H2,1-4H3,(H,10,11);8H,5-7H2,1-4H3,(H2,10,11,12);4-7H2,1-3H3,(H2,10,12)(H2,11,13,14);10H,5-7H2,1-4H3. The lowest BCUT2D eigenvalue weighted by molar-refractivity contribution is -0.485. The van der Waals surface area contributed by atoms with Gasteiger partial charge in [-0.3, -0.25) is 29.6 Å². The molecule has 105 heavy (non-hydrogen) atoms. The lowest BCUT2D eigenvalue weighted by Crippen LogP contribution is -2.40. The van der Waals surface area contributed by atoms with Crippen molar-refractivity contribution in [3.8, 4) is 0 Å². The molecule has 0 heterocycles. The summed E-state index contributed by atoms with van der Waals surface area (Å²) in [6.45, 7) is 43.9. The molecule has 0 amide bonds. The largest absolute Gasteiger partial charge is 0.386 e. The van der Waals surface area contributed by atoms with Crippen LogP contribution in [0.4, 0.5) is 0 Å². The van der Waals surface area contributed by atoms with Crippen molar-refractivity contribution in [2.24, 2.45) is 88.9 Å². The molecule has 0 aromatic heterocycles. The SMILES string of the molecule is CC(C)(C)CCCCC(N)=NS(N)(=O)=O.CC(C)(C)CCCN(O)S(C)(=O)=O.CC(C)CCCN/C(=N/[N+](=O)[O-])N(C)C.CN(C)C(CCCCC(C)(C)C)=NS(N)(=O)=O.CN=C(CCCCC(C)(C)C)NS(N)(=O)=O.CN=C(NCCCC(C)(C)C)N(C)C.CN=C(NCCCC(C)C)NS(C)(=O)=O. The molecular formula is C67H154N20O13S5. The fourth-order valence-corrected chi connectivity index (χ4v) is 10.7. The molecule has 0 spiro atoms. The molecule has 14 N–H and O–H groups in total. The van der Waals surface area contributed by atoms with Crippen LogP contribution in [0.3, 0.4) is 0 Å². The molecule has 0 rings (SSSR count). The number of guanidine groups is 3. The Hall–Kier alpha value is -4.83. The third-order valence-corrected chi connectivity index (χ3v) is 16.6. The van der Waals surface area contributed by atoms with E-state index in [1.54, 1.807) is 52.1 Å². The van der Waals surface area contributed by atoms with Gasteiger partial charge in [-0.25, -0.2) is 42.4 Å². The zero-order valence-electron chi connectivity index (χ0n) is 70.7. The first-order valence-electron chi connectivity index (χ1n) is 35.8. The summed E-state index contributed by atoms with van der Waals surface area (Å²) < 4.78 is 119. The van der Waals surface area contributed by atoms with E-state index in [1.807, 2.05) is 26.0 Å². The number of amidine groups is 3. The van der Waals surface area contributed by atoms with Crippen molar-refractivity contribution in [3.05, 3.63) is 10.1 Å². The molecule has 0 aliphatic heterocycles. The van der Waals surface area contributed by atoms with Crippen LogP contribution in [0.25, 0.3) is 0 Å². The van der Waals surface area contributed by atoms with Crippen molar-refractivity contribution >= 4 is 86.1 Å². The molecule has 0 saturated heterocycles. The molecule has 0 radical (unpaired) electrons. The molecule has 0 bridgehead atoms. The van der Waals surface area contributed by atoms with Gasteiger partial charge in [0.2, 0.25) is 26.0 Å². The second-order valence-electron chi connectivity index (χ2n) is 33.1. The molecule has 630 valence electrons. The quantitative estimate of drug-likeness (QED) is 0.00985. The van der Waals surface area contributed by atoms with Crippen LogP contribution in [-0.4, -0.2) is 209 Å². The number of hydroxylamine groups is 1. The van der Waals surface area contributed by atoms with Crippen molar-refractivity contribution in [3.63, 3.8) is 0 Å². The Morgan fingerprint density at radius 2 is 0.838 bits per heavy atom. The van der Waals surface area contributed by atoms with E-state index in [-0.39, 0.29) is 17.8 Å². The minimum atomic E-state index is -3.83. The van der Waals surface area contributed by atoms with E-state index in [9.17, 15) is 52.2 Å². The summed E-state index contributed by atoms with van der Waals surface area (Å²) in [6.07, 6.45) is 21.1. The van der Waals surface area contributed by atoms with Gasteiger partial charge in [0.05, 0.1) is 12.5 Å². The monoisotopic (exact) mass is 1610 g/mol. The number of nitrogens with two attached hydrogens (primary N) is 4. The predicted molar refractivity (Wildman–Crippen MR) is 442 cm³/mol. The average molecular weight is 1610 g/mol. The van der Waals surface area contributed by atoms with Crippen molar-refractivity contribution < 1.29 is 52.3 Å². The van der Waals surface area contributed by atoms with E-state index in [2.05, 4.69) is 186 Å². The molecule has 0 atom stereocenters. The van der Waals surface area contributed by atoms with Gasteiger partial charge in [0.25, 0.3) is 16.2 Å². The number of hydrogen-bond donors (Lipinski definition) is 10. The molecular weight excluding hydrogens is 1450 g/mol. The van der Waals surface area contributed by atoms with Crippen molar-refractivity contribution in [2.75, 3.05) is 102 Å². The predicted octanol–water partition coefficient (Wildman–Crippen LogP) is 9.41. The number of aliphatic imine (C=N–C) groups is 3. The minimum Gasteiger partial charge on any atom is -0.386 e. The van der Waals surface area contributed by atoms with Crippen LogP contribution in [0.5, 0.6) is 0 Å². The number of nitro groups is 1. The van der Waals surface area contributed by atoms with E-state index in [4.69, 9.17) is 26.4 Å². The van der Waals surface area contributed by atoms with E-state index < -0.39 is 55.7 Å². The summed E-state index contributed by atoms with van der Waals surface area (Å²) in [5, 5.41) is 45.5. The highest BCUT2D eigenvalue weighted by Crippen LogP contribution is 2.25. The van der Waals surface area contributed by atoms with Crippen LogP contribution in [-0.2, 0) is 50.7 Å². The Labute approximate surface area is 640 Å². The molecule has 0 aromatic carbocycles. The average Bonchev–Trinajstić information content (AvgIpc) is 0.926. The summed E-state index contributed by atoms with van der Waals surface area (Å²) >= 11 is 0. The zero-order chi connectivity index (χ0) is 84.3. The molecule has 0 aliphatic carbocycles. The van der Waals surface area contributed by atoms with Crippen molar-refractivity contribution in [1.29, 1.82) is 0 Å². The number of hydrogen-bond acceptors (Lipinski definition) is 16. The van der Waals surface area contributed by atoms with E-state index in [0.29, 0.717) is 93.8 Å². The number of sulfonamides is 2. The summed E-state index contributed by atoms with van der Waals surface area (Å²) in [6, 6.07) is 0. The minimum absolute atomic E-state index is 0.0893. The Balaban J connectivity index is -0.000000214. The Morgan fingerprint density at radius 3 is 1.15 bits per heavy atom. The van der Waals surface area contributed by atoms with Crippen molar-refractivity contribution in [2.45, 2.75) is 260 Å². The van der Waals surface area contributed by atoms with Crippen LogP contribution in [0, 0.1) is 49.0 Å². The summed E-state index contributed by atoms with van der Waals surface area (Å²) in [7, 11) is -2.07. The first-order valence-corrected chi connectivity index (χ1v) is 44.1. The molecule has 0 fully saturated rings. The van der Waals surface area contributed by atoms with Gasteiger partial charge in [-0.05, 0) is 129 Å². The van der Waals surface area contributed by atoms with Gasteiger partial charge < -0.3 is 36.4 Å². The fourth-order valence-electron chi connectivity index (χ4n) is 8.22. The highest BCUT2D eigenvalue weighted by molar-refractivity contribution is 7.89. The van der Waals surface area contributed by atoms with E-state index >= 15 is 0 Å². The third-order valence-electron chi connectivity index (χ3n) is 13.6.